The zero-order valence-electron chi connectivity index (χ0n) is 11.7. The van der Waals surface area contributed by atoms with E-state index in [4.69, 9.17) is 9.26 Å². The summed E-state index contributed by atoms with van der Waals surface area (Å²) in [5, 5.41) is 6.52. The Morgan fingerprint density at radius 2 is 2.10 bits per heavy atom. The zero-order chi connectivity index (χ0) is 14.5. The molecule has 2 rings (SSSR count). The normalized spacial score (nSPS) is 11.9. The number of aryl methyl sites for hydroxylation is 1. The predicted octanol–water partition coefficient (Wildman–Crippen LogP) is 1.81. The minimum Gasteiger partial charge on any atom is -0.497 e. The van der Waals surface area contributed by atoms with Crippen molar-refractivity contribution in [2.75, 3.05) is 7.11 Å². The Kier molecular flexibility index (Phi) is 4.34. The Bertz CT molecular complexity index is 578. The van der Waals surface area contributed by atoms with Crippen LogP contribution in [0.4, 0.5) is 0 Å². The second-order valence-corrected chi connectivity index (χ2v) is 4.49. The molecule has 1 amide bonds. The van der Waals surface area contributed by atoms with Gasteiger partial charge in [-0.3, -0.25) is 4.79 Å². The maximum atomic E-state index is 11.9. The molecule has 1 N–H and O–H groups in total. The molecule has 0 aliphatic heterocycles. The first kappa shape index (κ1) is 14.0. The number of nitrogens with zero attached hydrogens (tertiary/aromatic N) is 2. The molecular formula is C14H17N3O3. The number of hydrogen-bond acceptors (Lipinski definition) is 5. The summed E-state index contributed by atoms with van der Waals surface area (Å²) in [6, 6.07) is 7.07. The van der Waals surface area contributed by atoms with Crippen molar-refractivity contribution < 1.29 is 14.1 Å². The topological polar surface area (TPSA) is 77.2 Å². The third kappa shape index (κ3) is 3.57. The molecule has 0 aliphatic rings. The lowest BCUT2D eigenvalue weighted by molar-refractivity contribution is -0.121. The van der Waals surface area contributed by atoms with Crippen molar-refractivity contribution in [2.45, 2.75) is 26.3 Å². The van der Waals surface area contributed by atoms with E-state index in [-0.39, 0.29) is 11.9 Å². The van der Waals surface area contributed by atoms with E-state index in [2.05, 4.69) is 15.5 Å². The molecule has 0 saturated heterocycles. The molecule has 6 heteroatoms. The van der Waals surface area contributed by atoms with Crippen LogP contribution in [0.25, 0.3) is 0 Å². The molecule has 0 saturated carbocycles. The van der Waals surface area contributed by atoms with Gasteiger partial charge in [-0.15, -0.1) is 0 Å². The van der Waals surface area contributed by atoms with Gasteiger partial charge in [-0.25, -0.2) is 0 Å². The number of nitrogens with one attached hydrogen (secondary N) is 1. The fourth-order valence-electron chi connectivity index (χ4n) is 1.77. The summed E-state index contributed by atoms with van der Waals surface area (Å²) in [5.41, 5.74) is 0.914. The molecule has 0 spiro atoms. The number of benzene rings is 1. The van der Waals surface area contributed by atoms with Gasteiger partial charge in [0.15, 0.2) is 5.82 Å². The maximum absolute atomic E-state index is 11.9. The molecule has 106 valence electrons. The van der Waals surface area contributed by atoms with Gasteiger partial charge in [0.25, 0.3) is 0 Å². The number of amides is 1. The Labute approximate surface area is 117 Å². The monoisotopic (exact) mass is 275 g/mol. The van der Waals surface area contributed by atoms with Crippen molar-refractivity contribution in [3.8, 4) is 5.75 Å². The van der Waals surface area contributed by atoms with Crippen LogP contribution in [-0.2, 0) is 11.2 Å². The fraction of sp³-hybridized carbons (Fsp3) is 0.357. The average Bonchev–Trinajstić information content (AvgIpc) is 2.86. The summed E-state index contributed by atoms with van der Waals surface area (Å²) in [6.45, 7) is 3.54. The lowest BCUT2D eigenvalue weighted by Gasteiger charge is -2.09. The number of rotatable bonds is 5. The Hall–Kier alpha value is -2.37. The van der Waals surface area contributed by atoms with E-state index >= 15 is 0 Å². The highest BCUT2D eigenvalue weighted by Gasteiger charge is 2.15. The minimum atomic E-state index is -0.304. The SMILES string of the molecule is COc1ccc(CC(=O)NC(C)c2nc(C)no2)cc1. The van der Waals surface area contributed by atoms with Gasteiger partial charge >= 0.3 is 0 Å². The van der Waals surface area contributed by atoms with Crippen LogP contribution >= 0.6 is 0 Å². The number of ether oxygens (including phenoxy) is 1. The Morgan fingerprint density at radius 3 is 2.65 bits per heavy atom. The molecule has 20 heavy (non-hydrogen) atoms. The number of hydrogen-bond donors (Lipinski definition) is 1. The number of carbonyl (C=O) groups is 1. The van der Waals surface area contributed by atoms with Gasteiger partial charge in [-0.2, -0.15) is 4.98 Å². The van der Waals surface area contributed by atoms with Gasteiger partial charge in [0.05, 0.1) is 13.5 Å². The van der Waals surface area contributed by atoms with Gasteiger partial charge in [-0.1, -0.05) is 17.3 Å². The molecule has 6 nitrogen and oxygen atoms in total. The van der Waals surface area contributed by atoms with Crippen LogP contribution in [0.5, 0.6) is 5.75 Å². The first-order valence-electron chi connectivity index (χ1n) is 6.31. The minimum absolute atomic E-state index is 0.0986. The standard InChI is InChI=1S/C14H17N3O3/c1-9(14-16-10(2)17-20-14)15-13(18)8-11-4-6-12(19-3)7-5-11/h4-7,9H,8H2,1-3H3,(H,15,18). The van der Waals surface area contributed by atoms with Crippen molar-refractivity contribution in [1.82, 2.24) is 15.5 Å². The highest BCUT2D eigenvalue weighted by atomic mass is 16.5. The summed E-state index contributed by atoms with van der Waals surface area (Å²) in [6.07, 6.45) is 0.293. The van der Waals surface area contributed by atoms with Crippen LogP contribution in [0.3, 0.4) is 0 Å². The van der Waals surface area contributed by atoms with Crippen molar-refractivity contribution in [1.29, 1.82) is 0 Å². The van der Waals surface area contributed by atoms with Crippen molar-refractivity contribution in [2.24, 2.45) is 0 Å². The highest BCUT2D eigenvalue weighted by molar-refractivity contribution is 5.78. The van der Waals surface area contributed by atoms with E-state index in [1.807, 2.05) is 24.3 Å². The molecule has 1 heterocycles. The van der Waals surface area contributed by atoms with Gasteiger partial charge in [0.1, 0.15) is 11.8 Å². The van der Waals surface area contributed by atoms with Crippen LogP contribution in [0, 0.1) is 6.92 Å². The van der Waals surface area contributed by atoms with E-state index in [1.54, 1.807) is 21.0 Å². The predicted molar refractivity (Wildman–Crippen MR) is 72.3 cm³/mol. The first-order chi connectivity index (χ1) is 9.58. The third-order valence-corrected chi connectivity index (χ3v) is 2.81. The summed E-state index contributed by atoms with van der Waals surface area (Å²) < 4.78 is 10.1. The first-order valence-corrected chi connectivity index (χ1v) is 6.31. The second kappa shape index (κ2) is 6.18. The van der Waals surface area contributed by atoms with Crippen LogP contribution in [-0.4, -0.2) is 23.2 Å². The summed E-state index contributed by atoms with van der Waals surface area (Å²) in [7, 11) is 1.61. The smallest absolute Gasteiger partial charge is 0.248 e. The lowest BCUT2D eigenvalue weighted by atomic mass is 10.1. The van der Waals surface area contributed by atoms with Crippen LogP contribution in [0.1, 0.15) is 30.2 Å². The molecule has 0 radical (unpaired) electrons. The van der Waals surface area contributed by atoms with Crippen molar-refractivity contribution >= 4 is 5.91 Å². The summed E-state index contributed by atoms with van der Waals surface area (Å²) in [5.74, 6) is 1.63. The summed E-state index contributed by atoms with van der Waals surface area (Å²) in [4.78, 5) is 16.0. The van der Waals surface area contributed by atoms with E-state index in [0.29, 0.717) is 18.1 Å². The number of carbonyl (C=O) groups excluding carboxylic acids is 1. The fourth-order valence-corrected chi connectivity index (χ4v) is 1.77. The Morgan fingerprint density at radius 1 is 1.40 bits per heavy atom. The summed E-state index contributed by atoms with van der Waals surface area (Å²) >= 11 is 0. The quantitative estimate of drug-likeness (QED) is 0.900. The lowest BCUT2D eigenvalue weighted by Crippen LogP contribution is -2.28. The van der Waals surface area contributed by atoms with Gasteiger partial charge in [0.2, 0.25) is 11.8 Å². The zero-order valence-corrected chi connectivity index (χ0v) is 11.7. The molecule has 1 unspecified atom stereocenters. The van der Waals surface area contributed by atoms with Crippen LogP contribution in [0.2, 0.25) is 0 Å². The van der Waals surface area contributed by atoms with E-state index in [0.717, 1.165) is 11.3 Å². The van der Waals surface area contributed by atoms with E-state index in [9.17, 15) is 4.79 Å². The van der Waals surface area contributed by atoms with Gasteiger partial charge in [0, 0.05) is 0 Å². The molecule has 0 fully saturated rings. The largest absolute Gasteiger partial charge is 0.497 e. The van der Waals surface area contributed by atoms with Gasteiger partial charge in [-0.05, 0) is 31.5 Å². The highest BCUT2D eigenvalue weighted by Crippen LogP contribution is 2.13. The molecule has 1 aromatic heterocycles. The maximum Gasteiger partial charge on any atom is 0.248 e. The third-order valence-electron chi connectivity index (χ3n) is 2.81. The average molecular weight is 275 g/mol. The second-order valence-electron chi connectivity index (χ2n) is 4.49. The number of aromatic nitrogens is 2. The van der Waals surface area contributed by atoms with Crippen molar-refractivity contribution in [3.05, 3.63) is 41.5 Å². The Balaban J connectivity index is 1.91. The molecule has 2 aromatic rings. The van der Waals surface area contributed by atoms with E-state index in [1.165, 1.54) is 0 Å². The molecule has 1 aromatic carbocycles. The van der Waals surface area contributed by atoms with Crippen LogP contribution in [0.15, 0.2) is 28.8 Å². The molecule has 0 aliphatic carbocycles. The molecule has 0 bridgehead atoms. The molecular weight excluding hydrogens is 258 g/mol. The van der Waals surface area contributed by atoms with Crippen LogP contribution < -0.4 is 10.1 Å². The van der Waals surface area contributed by atoms with Crippen molar-refractivity contribution in [3.63, 3.8) is 0 Å². The molecule has 1 atom stereocenters. The van der Waals surface area contributed by atoms with E-state index < -0.39 is 0 Å². The van der Waals surface area contributed by atoms with Gasteiger partial charge < -0.3 is 14.6 Å². The number of methoxy groups -OCH3 is 1.